The molecule has 0 aromatic heterocycles. The molecule has 0 atom stereocenters. The van der Waals surface area contributed by atoms with Crippen LogP contribution in [0.1, 0.15) is 26.7 Å². The summed E-state index contributed by atoms with van der Waals surface area (Å²) in [5, 5.41) is 15.2. The van der Waals surface area contributed by atoms with Crippen molar-refractivity contribution < 1.29 is 19.7 Å². The topological polar surface area (TPSA) is 58.9 Å². The molecule has 0 heterocycles. The Balaban J connectivity index is 0. The molecule has 0 rings (SSSR count). The lowest BCUT2D eigenvalue weighted by atomic mass is 10.4. The van der Waals surface area contributed by atoms with Crippen molar-refractivity contribution in [2.45, 2.75) is 26.7 Å². The van der Waals surface area contributed by atoms with Gasteiger partial charge in [0.05, 0.1) is 26.4 Å². The maximum atomic E-state index is 7.62. The van der Waals surface area contributed by atoms with Crippen molar-refractivity contribution >= 4 is 0 Å². The van der Waals surface area contributed by atoms with Crippen molar-refractivity contribution in [1.29, 1.82) is 0 Å². The molecule has 0 bridgehead atoms. The predicted octanol–water partition coefficient (Wildman–Crippen LogP) is 0.811. The molecule has 4 heteroatoms. The van der Waals surface area contributed by atoms with Crippen LogP contribution in [0, 0.1) is 0 Å². The van der Waals surface area contributed by atoms with Crippen molar-refractivity contribution in [1.82, 2.24) is 0 Å². The Labute approximate surface area is 86.8 Å². The minimum absolute atomic E-state index is 0.125. The Morgan fingerprint density at radius 3 is 1.86 bits per heavy atom. The molecule has 0 radical (unpaired) electrons. The Hall–Kier alpha value is -0.160. The Morgan fingerprint density at radius 2 is 1.43 bits per heavy atom. The zero-order valence-electron chi connectivity index (χ0n) is 9.37. The summed E-state index contributed by atoms with van der Waals surface area (Å²) in [5.41, 5.74) is 0. The highest BCUT2D eigenvalue weighted by Gasteiger charge is 1.86. The van der Waals surface area contributed by atoms with E-state index in [1.807, 2.05) is 6.92 Å². The van der Waals surface area contributed by atoms with E-state index in [4.69, 9.17) is 19.7 Å². The first-order valence-electron chi connectivity index (χ1n) is 5.20. The summed E-state index contributed by atoms with van der Waals surface area (Å²) in [6.07, 6.45) is 2.36. The van der Waals surface area contributed by atoms with E-state index in [1.165, 1.54) is 6.42 Å². The van der Waals surface area contributed by atoms with Gasteiger partial charge in [-0.3, -0.25) is 0 Å². The molecular formula is C10H24O4. The van der Waals surface area contributed by atoms with Crippen LogP contribution >= 0.6 is 0 Å². The maximum Gasteiger partial charge on any atom is 0.0700 e. The van der Waals surface area contributed by atoms with Crippen molar-refractivity contribution in [3.05, 3.63) is 0 Å². The number of hydrogen-bond donors (Lipinski definition) is 2. The maximum absolute atomic E-state index is 7.62. The van der Waals surface area contributed by atoms with E-state index in [1.54, 1.807) is 0 Å². The molecule has 0 amide bonds. The molecule has 0 aliphatic rings. The van der Waals surface area contributed by atoms with Gasteiger partial charge in [-0.15, -0.1) is 0 Å². The first-order valence-corrected chi connectivity index (χ1v) is 5.20. The molecule has 0 unspecified atom stereocenters. The van der Waals surface area contributed by atoms with Gasteiger partial charge >= 0.3 is 0 Å². The van der Waals surface area contributed by atoms with Crippen LogP contribution < -0.4 is 0 Å². The summed E-state index contributed by atoms with van der Waals surface area (Å²) in [5.74, 6) is 0. The second kappa shape index (κ2) is 18.6. The number of unbranched alkanes of at least 4 members (excludes halogenated alkanes) is 1. The van der Waals surface area contributed by atoms with E-state index in [9.17, 15) is 0 Å². The summed E-state index contributed by atoms with van der Waals surface area (Å²) < 4.78 is 10.3. The highest BCUT2D eigenvalue weighted by atomic mass is 16.5. The van der Waals surface area contributed by atoms with Gasteiger partial charge in [0.1, 0.15) is 0 Å². The van der Waals surface area contributed by atoms with Gasteiger partial charge < -0.3 is 19.7 Å². The van der Waals surface area contributed by atoms with Gasteiger partial charge in [0.25, 0.3) is 0 Å². The monoisotopic (exact) mass is 208 g/mol. The van der Waals surface area contributed by atoms with E-state index in [2.05, 4.69) is 6.92 Å². The van der Waals surface area contributed by atoms with Crippen molar-refractivity contribution in [2.75, 3.05) is 39.6 Å². The van der Waals surface area contributed by atoms with Crippen molar-refractivity contribution in [2.24, 2.45) is 0 Å². The summed E-state index contributed by atoms with van der Waals surface area (Å²) in [6.45, 7) is 7.05. The van der Waals surface area contributed by atoms with Gasteiger partial charge in [-0.25, -0.2) is 0 Å². The quantitative estimate of drug-likeness (QED) is 0.580. The van der Waals surface area contributed by atoms with Crippen LogP contribution in [-0.2, 0) is 9.47 Å². The third kappa shape index (κ3) is 22.6. The molecule has 0 saturated carbocycles. The van der Waals surface area contributed by atoms with Crippen LogP contribution in [0.5, 0.6) is 0 Å². The molecule has 0 aromatic carbocycles. The fourth-order valence-corrected chi connectivity index (χ4v) is 0.611. The summed E-state index contributed by atoms with van der Waals surface area (Å²) in [4.78, 5) is 0. The summed E-state index contributed by atoms with van der Waals surface area (Å²) >= 11 is 0. The van der Waals surface area contributed by atoms with Crippen molar-refractivity contribution in [3.8, 4) is 0 Å². The van der Waals surface area contributed by atoms with E-state index >= 15 is 0 Å². The molecule has 0 saturated heterocycles. The lowest BCUT2D eigenvalue weighted by molar-refractivity contribution is 0.0517. The van der Waals surface area contributed by atoms with Crippen LogP contribution in [0.15, 0.2) is 0 Å². The second-order valence-corrected chi connectivity index (χ2v) is 2.61. The van der Waals surface area contributed by atoms with Crippen molar-refractivity contribution in [3.63, 3.8) is 0 Å². The van der Waals surface area contributed by atoms with Gasteiger partial charge in [-0.1, -0.05) is 13.3 Å². The molecule has 4 nitrogen and oxygen atoms in total. The molecule has 2 N–H and O–H groups in total. The zero-order chi connectivity index (χ0) is 11.1. The van der Waals surface area contributed by atoms with E-state index in [-0.39, 0.29) is 13.2 Å². The lowest BCUT2D eigenvalue weighted by Crippen LogP contribution is -2.04. The van der Waals surface area contributed by atoms with E-state index in [0.717, 1.165) is 32.8 Å². The highest BCUT2D eigenvalue weighted by molar-refractivity contribution is 4.32. The molecule has 14 heavy (non-hydrogen) atoms. The molecule has 88 valence electrons. The average Bonchev–Trinajstić information content (AvgIpc) is 2.24. The molecule has 0 fully saturated rings. The fraction of sp³-hybridized carbons (Fsp3) is 1.00. The second-order valence-electron chi connectivity index (χ2n) is 2.61. The number of aliphatic hydroxyl groups is 2. The summed E-state index contributed by atoms with van der Waals surface area (Å²) in [6, 6.07) is 0. The number of rotatable bonds is 8. The van der Waals surface area contributed by atoms with Crippen LogP contribution in [0.3, 0.4) is 0 Å². The highest BCUT2D eigenvalue weighted by Crippen LogP contribution is 1.87. The van der Waals surface area contributed by atoms with Crippen LogP contribution in [0.2, 0.25) is 0 Å². The molecule has 0 aromatic rings. The Kier molecular flexibility index (Phi) is 21.6. The predicted molar refractivity (Wildman–Crippen MR) is 56.4 cm³/mol. The largest absolute Gasteiger partial charge is 0.394 e. The zero-order valence-corrected chi connectivity index (χ0v) is 9.37. The molecule has 0 spiro atoms. The third-order valence-electron chi connectivity index (χ3n) is 1.32. The Bertz CT molecular complexity index is 68.5. The SMILES string of the molecule is CCCCOCCOCC.OCCO. The fourth-order valence-electron chi connectivity index (χ4n) is 0.611. The number of hydrogen-bond acceptors (Lipinski definition) is 4. The first kappa shape index (κ1) is 16.3. The Morgan fingerprint density at radius 1 is 0.857 bits per heavy atom. The standard InChI is InChI=1S/C8H18O2.C2H6O2/c1-3-5-6-10-8-7-9-4-2;3-1-2-4/h3-8H2,1-2H3;3-4H,1-2H2. The first-order chi connectivity index (χ1) is 6.83. The van der Waals surface area contributed by atoms with Crippen LogP contribution in [-0.4, -0.2) is 49.9 Å². The van der Waals surface area contributed by atoms with Gasteiger partial charge in [-0.2, -0.15) is 0 Å². The smallest absolute Gasteiger partial charge is 0.0700 e. The van der Waals surface area contributed by atoms with Crippen LogP contribution in [0.4, 0.5) is 0 Å². The molecule has 0 aliphatic carbocycles. The third-order valence-corrected chi connectivity index (χ3v) is 1.32. The van der Waals surface area contributed by atoms with Gasteiger partial charge in [0, 0.05) is 13.2 Å². The number of aliphatic hydroxyl groups excluding tert-OH is 2. The van der Waals surface area contributed by atoms with Gasteiger partial charge in [-0.05, 0) is 13.3 Å². The van der Waals surface area contributed by atoms with E-state index in [0.29, 0.717) is 0 Å². The van der Waals surface area contributed by atoms with Gasteiger partial charge in [0.2, 0.25) is 0 Å². The summed E-state index contributed by atoms with van der Waals surface area (Å²) in [7, 11) is 0. The number of ether oxygens (including phenoxy) is 2. The van der Waals surface area contributed by atoms with Gasteiger partial charge in [0.15, 0.2) is 0 Å². The van der Waals surface area contributed by atoms with Crippen LogP contribution in [0.25, 0.3) is 0 Å². The normalized spacial score (nSPS) is 9.43. The average molecular weight is 208 g/mol. The van der Waals surface area contributed by atoms with E-state index < -0.39 is 0 Å². The molecular weight excluding hydrogens is 184 g/mol. The molecule has 0 aliphatic heterocycles. The minimum atomic E-state index is -0.125. The lowest BCUT2D eigenvalue weighted by Gasteiger charge is -2.02. The minimum Gasteiger partial charge on any atom is -0.394 e.